The van der Waals surface area contributed by atoms with Gasteiger partial charge in [0, 0.05) is 24.5 Å². The van der Waals surface area contributed by atoms with Crippen molar-refractivity contribution in [3.63, 3.8) is 0 Å². The molecule has 0 aliphatic heterocycles. The fourth-order valence-corrected chi connectivity index (χ4v) is 3.66. The molecule has 26 heavy (non-hydrogen) atoms. The van der Waals surface area contributed by atoms with E-state index in [4.69, 9.17) is 0 Å². The van der Waals surface area contributed by atoms with Crippen molar-refractivity contribution in [1.29, 1.82) is 0 Å². The molecular formula is C20H31IN4O. The number of hydrogen-bond donors (Lipinski definition) is 3. The van der Waals surface area contributed by atoms with Gasteiger partial charge in [0.15, 0.2) is 5.96 Å². The van der Waals surface area contributed by atoms with Crippen molar-refractivity contribution in [3.05, 3.63) is 35.9 Å². The minimum atomic E-state index is 0. The van der Waals surface area contributed by atoms with E-state index in [1.54, 1.807) is 0 Å². The van der Waals surface area contributed by atoms with Gasteiger partial charge in [0.2, 0.25) is 5.91 Å². The Morgan fingerprint density at radius 2 is 1.85 bits per heavy atom. The quantitative estimate of drug-likeness (QED) is 0.326. The first-order chi connectivity index (χ1) is 12.2. The van der Waals surface area contributed by atoms with Crippen molar-refractivity contribution in [1.82, 2.24) is 16.0 Å². The summed E-state index contributed by atoms with van der Waals surface area (Å²) in [6.45, 7) is 3.87. The summed E-state index contributed by atoms with van der Waals surface area (Å²) in [6.07, 6.45) is 7.15. The van der Waals surface area contributed by atoms with Gasteiger partial charge in [-0.15, -0.1) is 24.0 Å². The highest BCUT2D eigenvalue weighted by Gasteiger charge is 2.35. The van der Waals surface area contributed by atoms with Crippen LogP contribution in [0.4, 0.5) is 0 Å². The van der Waals surface area contributed by atoms with Crippen molar-refractivity contribution >= 4 is 35.8 Å². The predicted octanol–water partition coefficient (Wildman–Crippen LogP) is 2.95. The van der Waals surface area contributed by atoms with Gasteiger partial charge in [-0.2, -0.15) is 0 Å². The van der Waals surface area contributed by atoms with E-state index in [-0.39, 0.29) is 41.8 Å². The van der Waals surface area contributed by atoms with Crippen LogP contribution < -0.4 is 16.0 Å². The fraction of sp³-hybridized carbons (Fsp3) is 0.600. The minimum absolute atomic E-state index is 0. The molecule has 0 saturated heterocycles. The van der Waals surface area contributed by atoms with Crippen LogP contribution in [-0.2, 0) is 10.2 Å². The molecule has 2 aliphatic rings. The standard InChI is InChI=1S/C20H30N4O.HI/c1-2-21-19(22-14-18(25)24-17-10-11-17)23-15-20(12-6-7-13-20)16-8-4-3-5-9-16;/h3-5,8-9,17H,2,6-7,10-15H2,1H3,(H,24,25)(H2,21,22,23);1H. The molecule has 0 spiro atoms. The monoisotopic (exact) mass is 470 g/mol. The minimum Gasteiger partial charge on any atom is -0.357 e. The molecule has 0 aromatic heterocycles. The van der Waals surface area contributed by atoms with Gasteiger partial charge in [0.25, 0.3) is 0 Å². The zero-order valence-electron chi connectivity index (χ0n) is 15.6. The first-order valence-electron chi connectivity index (χ1n) is 9.59. The lowest BCUT2D eigenvalue weighted by atomic mass is 9.79. The van der Waals surface area contributed by atoms with E-state index in [2.05, 4.69) is 51.3 Å². The SMILES string of the molecule is CCNC(=NCC(=O)NC1CC1)NCC1(c2ccccc2)CCCC1.I. The number of carbonyl (C=O) groups is 1. The second-order valence-electron chi connectivity index (χ2n) is 7.24. The van der Waals surface area contributed by atoms with E-state index >= 15 is 0 Å². The summed E-state index contributed by atoms with van der Waals surface area (Å²) in [5, 5.41) is 9.72. The van der Waals surface area contributed by atoms with Crippen molar-refractivity contribution in [2.75, 3.05) is 19.6 Å². The molecule has 0 atom stereocenters. The molecule has 144 valence electrons. The summed E-state index contributed by atoms with van der Waals surface area (Å²) in [6, 6.07) is 11.2. The molecule has 0 unspecified atom stereocenters. The topological polar surface area (TPSA) is 65.5 Å². The van der Waals surface area contributed by atoms with Gasteiger partial charge in [-0.25, -0.2) is 4.99 Å². The van der Waals surface area contributed by atoms with Crippen LogP contribution in [0.3, 0.4) is 0 Å². The largest absolute Gasteiger partial charge is 0.357 e. The van der Waals surface area contributed by atoms with Crippen molar-refractivity contribution in [2.24, 2.45) is 4.99 Å². The van der Waals surface area contributed by atoms with Gasteiger partial charge in [-0.3, -0.25) is 4.79 Å². The summed E-state index contributed by atoms with van der Waals surface area (Å²) in [7, 11) is 0. The van der Waals surface area contributed by atoms with Gasteiger partial charge < -0.3 is 16.0 Å². The lowest BCUT2D eigenvalue weighted by Gasteiger charge is -2.30. The third-order valence-corrected chi connectivity index (χ3v) is 5.21. The van der Waals surface area contributed by atoms with Gasteiger partial charge in [-0.1, -0.05) is 43.2 Å². The molecule has 1 aromatic carbocycles. The summed E-state index contributed by atoms with van der Waals surface area (Å²) >= 11 is 0. The maximum atomic E-state index is 11.9. The van der Waals surface area contributed by atoms with Crippen molar-refractivity contribution in [2.45, 2.75) is 56.9 Å². The molecule has 5 nitrogen and oxygen atoms in total. The summed E-state index contributed by atoms with van der Waals surface area (Å²) < 4.78 is 0. The molecule has 0 radical (unpaired) electrons. The number of aliphatic imine (C=N–C) groups is 1. The Labute approximate surface area is 173 Å². The van der Waals surface area contributed by atoms with E-state index < -0.39 is 0 Å². The van der Waals surface area contributed by atoms with Crippen LogP contribution in [0.25, 0.3) is 0 Å². The highest BCUT2D eigenvalue weighted by Crippen LogP contribution is 2.40. The van der Waals surface area contributed by atoms with E-state index in [0.717, 1.165) is 31.9 Å². The van der Waals surface area contributed by atoms with Crippen molar-refractivity contribution in [3.8, 4) is 0 Å². The smallest absolute Gasteiger partial charge is 0.242 e. The molecule has 2 fully saturated rings. The lowest BCUT2D eigenvalue weighted by Crippen LogP contribution is -2.45. The van der Waals surface area contributed by atoms with Gasteiger partial charge in [0.1, 0.15) is 6.54 Å². The van der Waals surface area contributed by atoms with E-state index in [9.17, 15) is 4.79 Å². The molecule has 0 heterocycles. The van der Waals surface area contributed by atoms with E-state index in [1.165, 1.54) is 31.2 Å². The molecule has 3 N–H and O–H groups in total. The van der Waals surface area contributed by atoms with Gasteiger partial charge in [0.05, 0.1) is 0 Å². The van der Waals surface area contributed by atoms with Gasteiger partial charge >= 0.3 is 0 Å². The Hall–Kier alpha value is -1.31. The second-order valence-corrected chi connectivity index (χ2v) is 7.24. The first kappa shape index (κ1) is 21.0. The zero-order chi connectivity index (χ0) is 17.5. The van der Waals surface area contributed by atoms with Crippen LogP contribution in [0.2, 0.25) is 0 Å². The summed E-state index contributed by atoms with van der Waals surface area (Å²) in [5.41, 5.74) is 1.58. The number of amides is 1. The number of rotatable bonds is 7. The second kappa shape index (κ2) is 10.1. The van der Waals surface area contributed by atoms with Crippen LogP contribution in [0, 0.1) is 0 Å². The average Bonchev–Trinajstić information content (AvgIpc) is 3.31. The van der Waals surface area contributed by atoms with Crippen LogP contribution in [-0.4, -0.2) is 37.5 Å². The third-order valence-electron chi connectivity index (χ3n) is 5.21. The molecule has 0 bridgehead atoms. The molecule has 2 aliphatic carbocycles. The number of halogens is 1. The average molecular weight is 470 g/mol. The highest BCUT2D eigenvalue weighted by molar-refractivity contribution is 14.0. The number of nitrogens with zero attached hydrogens (tertiary/aromatic N) is 1. The molecule has 2 saturated carbocycles. The van der Waals surface area contributed by atoms with Crippen molar-refractivity contribution < 1.29 is 4.79 Å². The Morgan fingerprint density at radius 3 is 2.46 bits per heavy atom. The van der Waals surface area contributed by atoms with E-state index in [0.29, 0.717) is 6.04 Å². The fourth-order valence-electron chi connectivity index (χ4n) is 3.66. The summed E-state index contributed by atoms with van der Waals surface area (Å²) in [4.78, 5) is 16.3. The van der Waals surface area contributed by atoms with Crippen LogP contribution in [0.15, 0.2) is 35.3 Å². The Bertz CT molecular complexity index is 595. The van der Waals surface area contributed by atoms with Crippen LogP contribution in [0.1, 0.15) is 51.0 Å². The summed E-state index contributed by atoms with van der Waals surface area (Å²) in [5.74, 6) is 0.744. The normalized spacial score (nSPS) is 18.7. The third kappa shape index (κ3) is 5.86. The first-order valence-corrected chi connectivity index (χ1v) is 9.59. The number of carbonyl (C=O) groups excluding carboxylic acids is 1. The van der Waals surface area contributed by atoms with Crippen LogP contribution >= 0.6 is 24.0 Å². The molecule has 1 amide bonds. The number of hydrogen-bond acceptors (Lipinski definition) is 2. The number of nitrogens with one attached hydrogen (secondary N) is 3. The highest BCUT2D eigenvalue weighted by atomic mass is 127. The number of benzene rings is 1. The maximum absolute atomic E-state index is 11.9. The molecule has 6 heteroatoms. The van der Waals surface area contributed by atoms with Gasteiger partial charge in [-0.05, 0) is 38.2 Å². The molecule has 3 rings (SSSR count). The van der Waals surface area contributed by atoms with Crippen LogP contribution in [0.5, 0.6) is 0 Å². The number of guanidine groups is 1. The maximum Gasteiger partial charge on any atom is 0.242 e. The Morgan fingerprint density at radius 1 is 1.15 bits per heavy atom. The molecular weight excluding hydrogens is 439 g/mol. The lowest BCUT2D eigenvalue weighted by molar-refractivity contribution is -0.119. The van der Waals surface area contributed by atoms with E-state index in [1.807, 2.05) is 6.92 Å². The Kier molecular flexibility index (Phi) is 8.18. The Balaban J connectivity index is 0.00000243. The molecule has 1 aromatic rings. The zero-order valence-corrected chi connectivity index (χ0v) is 17.9. The predicted molar refractivity (Wildman–Crippen MR) is 117 cm³/mol.